The van der Waals surface area contributed by atoms with E-state index in [1.54, 1.807) is 0 Å². The summed E-state index contributed by atoms with van der Waals surface area (Å²) < 4.78 is 17.0. The van der Waals surface area contributed by atoms with Gasteiger partial charge in [0.25, 0.3) is 0 Å². The number of hydrogen-bond acceptors (Lipinski definition) is 5. The van der Waals surface area contributed by atoms with Gasteiger partial charge in [0.1, 0.15) is 4.32 Å². The Balaban J connectivity index is 2.26. The first-order valence-corrected chi connectivity index (χ1v) is 7.08. The maximum atomic E-state index is 5.51. The van der Waals surface area contributed by atoms with Gasteiger partial charge in [-0.05, 0) is 0 Å². The van der Waals surface area contributed by atoms with Crippen LogP contribution in [0.5, 0.6) is 0 Å². The fourth-order valence-electron chi connectivity index (χ4n) is 1.49. The lowest BCUT2D eigenvalue weighted by Crippen LogP contribution is -2.33. The van der Waals surface area contributed by atoms with Crippen LogP contribution in [0.2, 0.25) is 0 Å². The van der Waals surface area contributed by atoms with Crippen molar-refractivity contribution in [1.82, 2.24) is 10.2 Å². The van der Waals surface area contributed by atoms with Gasteiger partial charge in [-0.15, -0.1) is 12.6 Å². The zero-order valence-corrected chi connectivity index (χ0v) is 12.3. The first-order valence-electron chi connectivity index (χ1n) is 6.22. The van der Waals surface area contributed by atoms with Gasteiger partial charge in [0, 0.05) is 26.2 Å². The van der Waals surface area contributed by atoms with Gasteiger partial charge < -0.3 is 24.4 Å². The number of thiocarbonyl (C=S) groups is 1. The van der Waals surface area contributed by atoms with Crippen molar-refractivity contribution in [1.29, 1.82) is 0 Å². The van der Waals surface area contributed by atoms with Gasteiger partial charge >= 0.3 is 0 Å². The van der Waals surface area contributed by atoms with Crippen molar-refractivity contribution in [2.75, 3.05) is 65.8 Å². The highest BCUT2D eigenvalue weighted by Gasteiger charge is 2.06. The SMILES string of the molecule is S=C(S)N1CCOCCNCCOCCOCC1. The molecule has 0 bridgehead atoms. The first-order chi connectivity index (χ1) is 8.80. The molecule has 0 amide bonds. The second-order valence-electron chi connectivity index (χ2n) is 3.86. The molecule has 1 heterocycles. The highest BCUT2D eigenvalue weighted by Crippen LogP contribution is 1.97. The minimum atomic E-state index is 0.584. The third kappa shape index (κ3) is 8.23. The van der Waals surface area contributed by atoms with E-state index in [1.807, 2.05) is 4.90 Å². The zero-order valence-electron chi connectivity index (χ0n) is 10.6. The lowest BCUT2D eigenvalue weighted by Gasteiger charge is -2.22. The van der Waals surface area contributed by atoms with Crippen molar-refractivity contribution in [2.24, 2.45) is 0 Å². The van der Waals surface area contributed by atoms with E-state index in [0.717, 1.165) is 26.2 Å². The zero-order chi connectivity index (χ0) is 13.1. The minimum Gasteiger partial charge on any atom is -0.378 e. The molecule has 5 nitrogen and oxygen atoms in total. The van der Waals surface area contributed by atoms with Gasteiger partial charge in [-0.25, -0.2) is 0 Å². The van der Waals surface area contributed by atoms with E-state index < -0.39 is 0 Å². The molecule has 0 unspecified atom stereocenters. The van der Waals surface area contributed by atoms with Crippen LogP contribution in [0.1, 0.15) is 0 Å². The van der Waals surface area contributed by atoms with Crippen LogP contribution in [0.15, 0.2) is 0 Å². The van der Waals surface area contributed by atoms with E-state index >= 15 is 0 Å². The summed E-state index contributed by atoms with van der Waals surface area (Å²) in [4.78, 5) is 1.98. The fraction of sp³-hybridized carbons (Fsp3) is 0.909. The van der Waals surface area contributed by atoms with Crippen LogP contribution in [0.3, 0.4) is 0 Å². The molecule has 0 saturated carbocycles. The molecule has 0 aromatic heterocycles. The molecule has 0 aromatic carbocycles. The molecule has 0 aromatic rings. The Morgan fingerprint density at radius 3 is 1.94 bits per heavy atom. The van der Waals surface area contributed by atoms with Crippen LogP contribution in [-0.4, -0.2) is 75.0 Å². The van der Waals surface area contributed by atoms with Gasteiger partial charge in [0.15, 0.2) is 0 Å². The van der Waals surface area contributed by atoms with E-state index in [4.69, 9.17) is 26.4 Å². The number of thiol groups is 1. The third-order valence-corrected chi connectivity index (χ3v) is 3.04. The predicted molar refractivity (Wildman–Crippen MR) is 78.5 cm³/mol. The van der Waals surface area contributed by atoms with Crippen molar-refractivity contribution >= 4 is 29.2 Å². The molecule has 0 radical (unpaired) electrons. The van der Waals surface area contributed by atoms with E-state index in [2.05, 4.69) is 17.9 Å². The fourth-order valence-corrected chi connectivity index (χ4v) is 1.87. The van der Waals surface area contributed by atoms with Crippen LogP contribution in [-0.2, 0) is 14.2 Å². The van der Waals surface area contributed by atoms with Crippen molar-refractivity contribution in [3.05, 3.63) is 0 Å². The standard InChI is InChI=1S/C11H22N2O3S2/c17-11(18)13-3-7-14-5-1-12-2-6-15-9-10-16-8-4-13/h12H,1-10H2,(H,17,18). The van der Waals surface area contributed by atoms with Crippen LogP contribution in [0, 0.1) is 0 Å². The summed E-state index contributed by atoms with van der Waals surface area (Å²) in [7, 11) is 0. The molecule has 1 fully saturated rings. The maximum absolute atomic E-state index is 5.51. The van der Waals surface area contributed by atoms with Gasteiger partial charge in [-0.2, -0.15) is 0 Å². The monoisotopic (exact) mass is 294 g/mol. The van der Waals surface area contributed by atoms with Crippen LogP contribution < -0.4 is 5.32 Å². The quantitative estimate of drug-likeness (QED) is 0.490. The highest BCUT2D eigenvalue weighted by molar-refractivity contribution is 8.10. The molecule has 1 saturated heterocycles. The average Bonchev–Trinajstić information content (AvgIpc) is 2.36. The number of nitrogens with one attached hydrogen (secondary N) is 1. The molecule has 1 N–H and O–H groups in total. The Morgan fingerprint density at radius 1 is 0.889 bits per heavy atom. The van der Waals surface area contributed by atoms with E-state index in [9.17, 15) is 0 Å². The first kappa shape index (κ1) is 16.1. The lowest BCUT2D eigenvalue weighted by atomic mass is 10.5. The predicted octanol–water partition coefficient (Wildman–Crippen LogP) is 0.156. The average molecular weight is 294 g/mol. The summed E-state index contributed by atoms with van der Waals surface area (Å²) in [5, 5.41) is 3.24. The summed E-state index contributed by atoms with van der Waals surface area (Å²) >= 11 is 9.27. The second kappa shape index (κ2) is 11.0. The Morgan fingerprint density at radius 2 is 1.39 bits per heavy atom. The number of hydrogen-bond donors (Lipinski definition) is 2. The van der Waals surface area contributed by atoms with Gasteiger partial charge in [-0.3, -0.25) is 0 Å². The highest BCUT2D eigenvalue weighted by atomic mass is 32.1. The molecule has 0 atom stereocenters. The summed E-state index contributed by atoms with van der Waals surface area (Å²) in [6.45, 7) is 7.10. The Labute approximate surface area is 120 Å². The largest absolute Gasteiger partial charge is 0.378 e. The van der Waals surface area contributed by atoms with Crippen LogP contribution >= 0.6 is 24.8 Å². The minimum absolute atomic E-state index is 0.584. The van der Waals surface area contributed by atoms with E-state index in [0.29, 0.717) is 44.0 Å². The molecule has 0 aliphatic carbocycles. The molecule has 1 rings (SSSR count). The van der Waals surface area contributed by atoms with Crippen molar-refractivity contribution in [2.45, 2.75) is 0 Å². The van der Waals surface area contributed by atoms with Crippen molar-refractivity contribution < 1.29 is 14.2 Å². The Kier molecular flexibility index (Phi) is 9.82. The molecule has 106 valence electrons. The maximum Gasteiger partial charge on any atom is 0.133 e. The van der Waals surface area contributed by atoms with Crippen LogP contribution in [0.25, 0.3) is 0 Å². The summed E-state index contributed by atoms with van der Waals surface area (Å²) in [6, 6.07) is 0. The Hall–Kier alpha value is 0.0800. The number of rotatable bonds is 0. The van der Waals surface area contributed by atoms with Gasteiger partial charge in [0.2, 0.25) is 0 Å². The molecule has 18 heavy (non-hydrogen) atoms. The molecule has 0 spiro atoms. The van der Waals surface area contributed by atoms with Gasteiger partial charge in [-0.1, -0.05) is 12.2 Å². The van der Waals surface area contributed by atoms with Crippen molar-refractivity contribution in [3.8, 4) is 0 Å². The second-order valence-corrected chi connectivity index (χ2v) is 4.97. The third-order valence-electron chi connectivity index (χ3n) is 2.50. The summed E-state index contributed by atoms with van der Waals surface area (Å²) in [5.74, 6) is 0. The molecule has 7 heteroatoms. The number of nitrogens with zero attached hydrogens (tertiary/aromatic N) is 1. The topological polar surface area (TPSA) is 43.0 Å². The Bertz CT molecular complexity index is 216. The van der Waals surface area contributed by atoms with Crippen LogP contribution in [0.4, 0.5) is 0 Å². The van der Waals surface area contributed by atoms with E-state index in [1.165, 1.54) is 0 Å². The molecular weight excluding hydrogens is 272 g/mol. The molecular formula is C11H22N2O3S2. The van der Waals surface area contributed by atoms with Crippen molar-refractivity contribution in [3.63, 3.8) is 0 Å². The van der Waals surface area contributed by atoms with Gasteiger partial charge in [0.05, 0.1) is 39.6 Å². The number of ether oxygens (including phenoxy) is 3. The van der Waals surface area contributed by atoms with E-state index in [-0.39, 0.29) is 0 Å². The molecule has 1 aliphatic heterocycles. The smallest absolute Gasteiger partial charge is 0.133 e. The lowest BCUT2D eigenvalue weighted by molar-refractivity contribution is 0.0450. The molecule has 1 aliphatic rings. The summed E-state index contributed by atoms with van der Waals surface area (Å²) in [5.41, 5.74) is 0. The summed E-state index contributed by atoms with van der Waals surface area (Å²) in [6.07, 6.45) is 0. The normalized spacial score (nSPS) is 21.9.